The van der Waals surface area contributed by atoms with Gasteiger partial charge in [-0.3, -0.25) is 4.68 Å². The topological polar surface area (TPSA) is 29.9 Å². The number of nitrogens with zero attached hydrogens (tertiary/aromatic N) is 2. The molecule has 1 aromatic rings. The van der Waals surface area contributed by atoms with Gasteiger partial charge < -0.3 is 5.32 Å². The van der Waals surface area contributed by atoms with Crippen LogP contribution in [0.1, 0.15) is 31.9 Å². The summed E-state index contributed by atoms with van der Waals surface area (Å²) in [6, 6.07) is 2.83. The SMILES string of the molecule is CCCNC(CCc1ccnn1C)C1CCSC1. The summed E-state index contributed by atoms with van der Waals surface area (Å²) in [5, 5.41) is 8.00. The Labute approximate surface area is 115 Å². The van der Waals surface area contributed by atoms with E-state index < -0.39 is 0 Å². The molecule has 0 spiro atoms. The van der Waals surface area contributed by atoms with Crippen molar-refractivity contribution in [2.24, 2.45) is 13.0 Å². The molecule has 0 bridgehead atoms. The Kier molecular flexibility index (Phi) is 5.57. The molecular formula is C14H25N3S. The average Bonchev–Trinajstić information content (AvgIpc) is 3.01. The van der Waals surface area contributed by atoms with Crippen LogP contribution in [-0.4, -0.2) is 33.9 Å². The van der Waals surface area contributed by atoms with Crippen LogP contribution in [0.5, 0.6) is 0 Å². The summed E-state index contributed by atoms with van der Waals surface area (Å²) in [5.41, 5.74) is 1.35. The number of thioether (sulfide) groups is 1. The van der Waals surface area contributed by atoms with Gasteiger partial charge in [0.15, 0.2) is 0 Å². The van der Waals surface area contributed by atoms with E-state index in [2.05, 4.69) is 35.2 Å². The predicted molar refractivity (Wildman–Crippen MR) is 79.0 cm³/mol. The Morgan fingerprint density at radius 2 is 2.50 bits per heavy atom. The second-order valence-corrected chi connectivity index (χ2v) is 6.32. The number of hydrogen-bond donors (Lipinski definition) is 1. The van der Waals surface area contributed by atoms with Crippen molar-refractivity contribution in [1.29, 1.82) is 0 Å². The molecule has 102 valence electrons. The number of aryl methyl sites for hydroxylation is 2. The molecule has 1 aromatic heterocycles. The van der Waals surface area contributed by atoms with Crippen molar-refractivity contribution in [3.63, 3.8) is 0 Å². The zero-order valence-corrected chi connectivity index (χ0v) is 12.4. The van der Waals surface area contributed by atoms with Crippen molar-refractivity contribution < 1.29 is 0 Å². The van der Waals surface area contributed by atoms with Crippen molar-refractivity contribution in [3.8, 4) is 0 Å². The molecule has 0 aliphatic carbocycles. The first-order valence-corrected chi connectivity index (χ1v) is 8.24. The molecule has 0 radical (unpaired) electrons. The van der Waals surface area contributed by atoms with E-state index in [1.165, 1.54) is 36.5 Å². The summed E-state index contributed by atoms with van der Waals surface area (Å²) in [7, 11) is 2.04. The van der Waals surface area contributed by atoms with E-state index in [0.717, 1.165) is 18.9 Å². The summed E-state index contributed by atoms with van der Waals surface area (Å²) >= 11 is 2.11. The lowest BCUT2D eigenvalue weighted by Crippen LogP contribution is -2.37. The fourth-order valence-electron chi connectivity index (χ4n) is 2.65. The highest BCUT2D eigenvalue weighted by atomic mass is 32.2. The van der Waals surface area contributed by atoms with Crippen LogP contribution in [0.4, 0.5) is 0 Å². The number of nitrogens with one attached hydrogen (secondary N) is 1. The molecule has 1 aliphatic rings. The highest BCUT2D eigenvalue weighted by molar-refractivity contribution is 7.99. The minimum atomic E-state index is 0.690. The van der Waals surface area contributed by atoms with E-state index >= 15 is 0 Å². The molecule has 1 fully saturated rings. The monoisotopic (exact) mass is 267 g/mol. The number of rotatable bonds is 7. The molecule has 2 unspecified atom stereocenters. The van der Waals surface area contributed by atoms with Crippen LogP contribution in [-0.2, 0) is 13.5 Å². The molecule has 2 heterocycles. The van der Waals surface area contributed by atoms with Gasteiger partial charge in [-0.1, -0.05) is 6.92 Å². The van der Waals surface area contributed by atoms with E-state index in [1.807, 2.05) is 17.9 Å². The third-order valence-corrected chi connectivity index (χ3v) is 5.01. The molecule has 0 saturated carbocycles. The number of hydrogen-bond acceptors (Lipinski definition) is 3. The zero-order chi connectivity index (χ0) is 12.8. The Morgan fingerprint density at radius 3 is 3.11 bits per heavy atom. The molecular weight excluding hydrogens is 242 g/mol. The first-order chi connectivity index (χ1) is 8.81. The second kappa shape index (κ2) is 7.19. The van der Waals surface area contributed by atoms with Crippen molar-refractivity contribution in [2.75, 3.05) is 18.1 Å². The van der Waals surface area contributed by atoms with Crippen LogP contribution in [0.25, 0.3) is 0 Å². The van der Waals surface area contributed by atoms with Gasteiger partial charge in [-0.05, 0) is 55.7 Å². The van der Waals surface area contributed by atoms with E-state index in [0.29, 0.717) is 6.04 Å². The predicted octanol–water partition coefficient (Wildman–Crippen LogP) is 2.47. The van der Waals surface area contributed by atoms with Gasteiger partial charge in [0.25, 0.3) is 0 Å². The average molecular weight is 267 g/mol. The van der Waals surface area contributed by atoms with E-state index in [4.69, 9.17) is 0 Å². The van der Waals surface area contributed by atoms with Crippen molar-refractivity contribution >= 4 is 11.8 Å². The van der Waals surface area contributed by atoms with Gasteiger partial charge >= 0.3 is 0 Å². The quantitative estimate of drug-likeness (QED) is 0.823. The molecule has 4 heteroatoms. The van der Waals surface area contributed by atoms with Gasteiger partial charge in [0.05, 0.1) is 0 Å². The van der Waals surface area contributed by atoms with Crippen molar-refractivity contribution in [1.82, 2.24) is 15.1 Å². The fourth-order valence-corrected chi connectivity index (χ4v) is 3.99. The Balaban J connectivity index is 1.86. The van der Waals surface area contributed by atoms with E-state index in [1.54, 1.807) is 0 Å². The van der Waals surface area contributed by atoms with Crippen LogP contribution in [0.2, 0.25) is 0 Å². The summed E-state index contributed by atoms with van der Waals surface area (Å²) < 4.78 is 2.00. The lowest BCUT2D eigenvalue weighted by Gasteiger charge is -2.24. The van der Waals surface area contributed by atoms with Gasteiger partial charge in [-0.2, -0.15) is 16.9 Å². The molecule has 3 nitrogen and oxygen atoms in total. The summed E-state index contributed by atoms with van der Waals surface area (Å²) in [6.45, 7) is 3.39. The van der Waals surface area contributed by atoms with Gasteiger partial charge in [0.2, 0.25) is 0 Å². The van der Waals surface area contributed by atoms with Crippen LogP contribution < -0.4 is 5.32 Å². The molecule has 1 aliphatic heterocycles. The molecule has 1 N–H and O–H groups in total. The largest absolute Gasteiger partial charge is 0.314 e. The molecule has 2 rings (SSSR count). The Hall–Kier alpha value is -0.480. The van der Waals surface area contributed by atoms with Crippen LogP contribution in [0.15, 0.2) is 12.3 Å². The third-order valence-electron chi connectivity index (χ3n) is 3.82. The molecule has 18 heavy (non-hydrogen) atoms. The Morgan fingerprint density at radius 1 is 1.61 bits per heavy atom. The van der Waals surface area contributed by atoms with Gasteiger partial charge in [-0.25, -0.2) is 0 Å². The van der Waals surface area contributed by atoms with Gasteiger partial charge in [0.1, 0.15) is 0 Å². The molecule has 0 amide bonds. The Bertz CT molecular complexity index is 345. The van der Waals surface area contributed by atoms with Gasteiger partial charge in [0, 0.05) is 25.0 Å². The minimum Gasteiger partial charge on any atom is -0.314 e. The summed E-state index contributed by atoms with van der Waals surface area (Å²) in [6.07, 6.45) is 6.89. The number of aromatic nitrogens is 2. The maximum absolute atomic E-state index is 4.25. The van der Waals surface area contributed by atoms with Crippen LogP contribution in [0.3, 0.4) is 0 Å². The van der Waals surface area contributed by atoms with Crippen molar-refractivity contribution in [3.05, 3.63) is 18.0 Å². The lowest BCUT2D eigenvalue weighted by molar-refractivity contribution is 0.360. The molecule has 2 atom stereocenters. The summed E-state index contributed by atoms with van der Waals surface area (Å²) in [4.78, 5) is 0. The first-order valence-electron chi connectivity index (χ1n) is 7.09. The summed E-state index contributed by atoms with van der Waals surface area (Å²) in [5.74, 6) is 3.56. The first kappa shape index (κ1) is 13.9. The third kappa shape index (κ3) is 3.75. The highest BCUT2D eigenvalue weighted by Crippen LogP contribution is 2.28. The molecule has 1 saturated heterocycles. The highest BCUT2D eigenvalue weighted by Gasteiger charge is 2.24. The van der Waals surface area contributed by atoms with Crippen LogP contribution in [0, 0.1) is 5.92 Å². The fraction of sp³-hybridized carbons (Fsp3) is 0.786. The maximum Gasteiger partial charge on any atom is 0.0492 e. The van der Waals surface area contributed by atoms with Crippen molar-refractivity contribution in [2.45, 2.75) is 38.6 Å². The standard InChI is InChI=1S/C14H25N3S/c1-3-8-15-14(12-7-10-18-11-12)5-4-13-6-9-16-17(13)2/h6,9,12,14-15H,3-5,7-8,10-11H2,1-2H3. The minimum absolute atomic E-state index is 0.690. The second-order valence-electron chi connectivity index (χ2n) is 5.17. The lowest BCUT2D eigenvalue weighted by atomic mass is 9.94. The maximum atomic E-state index is 4.25. The smallest absolute Gasteiger partial charge is 0.0492 e. The van der Waals surface area contributed by atoms with E-state index in [9.17, 15) is 0 Å². The van der Waals surface area contributed by atoms with Gasteiger partial charge in [-0.15, -0.1) is 0 Å². The van der Waals surface area contributed by atoms with Crippen LogP contribution >= 0.6 is 11.8 Å². The zero-order valence-electron chi connectivity index (χ0n) is 11.6. The molecule has 0 aromatic carbocycles. The normalized spacial score (nSPS) is 21.3. The van der Waals surface area contributed by atoms with E-state index in [-0.39, 0.29) is 0 Å².